The Kier molecular flexibility index (Phi) is 7.06. The molecule has 0 spiro atoms. The minimum absolute atomic E-state index is 0.270. The predicted octanol–water partition coefficient (Wildman–Crippen LogP) is 4.00. The summed E-state index contributed by atoms with van der Waals surface area (Å²) in [6.07, 6.45) is 5.69. The zero-order valence-corrected chi connectivity index (χ0v) is 18.6. The molecule has 0 radical (unpaired) electrons. The Morgan fingerprint density at radius 3 is 2.59 bits per heavy atom. The molecule has 170 valence electrons. The van der Waals surface area contributed by atoms with E-state index < -0.39 is 11.9 Å². The van der Waals surface area contributed by atoms with Crippen molar-refractivity contribution >= 4 is 11.7 Å². The van der Waals surface area contributed by atoms with E-state index in [0.717, 1.165) is 16.7 Å². The van der Waals surface area contributed by atoms with Crippen LogP contribution in [-0.4, -0.2) is 27.2 Å². The third-order valence-electron chi connectivity index (χ3n) is 5.37. The summed E-state index contributed by atoms with van der Waals surface area (Å²) in [5.41, 5.74) is 3.37. The summed E-state index contributed by atoms with van der Waals surface area (Å²) in [4.78, 5) is 17.5. The fraction of sp³-hybridized carbons (Fsp3) is 0.154. The Labute approximate surface area is 196 Å². The van der Waals surface area contributed by atoms with Crippen LogP contribution in [0.25, 0.3) is 11.1 Å². The molecule has 2 heterocycles. The van der Waals surface area contributed by atoms with Crippen LogP contribution in [0.4, 0.5) is 10.2 Å². The molecule has 0 saturated carbocycles. The summed E-state index contributed by atoms with van der Waals surface area (Å²) in [5, 5.41) is 19.1. The maximum Gasteiger partial charge on any atom is 0.247 e. The smallest absolute Gasteiger partial charge is 0.247 e. The average molecular weight is 455 g/mol. The molecule has 2 aromatic carbocycles. The SMILES string of the molecule is Cn1cc(-c2ccc(NC(=O)[C@H](NCCc3ccc(C#N)cc3F)c3ccccc3)nc2)cn1. The van der Waals surface area contributed by atoms with Crippen LogP contribution in [0.2, 0.25) is 0 Å². The van der Waals surface area contributed by atoms with Gasteiger partial charge in [-0.25, -0.2) is 9.37 Å². The number of amides is 1. The van der Waals surface area contributed by atoms with Crippen LogP contribution in [0.15, 0.2) is 79.3 Å². The highest BCUT2D eigenvalue weighted by atomic mass is 19.1. The normalized spacial score (nSPS) is 11.6. The first-order valence-corrected chi connectivity index (χ1v) is 10.8. The van der Waals surface area contributed by atoms with E-state index in [9.17, 15) is 9.18 Å². The van der Waals surface area contributed by atoms with E-state index in [0.29, 0.717) is 24.3 Å². The number of aryl methyl sites for hydroxylation is 1. The van der Waals surface area contributed by atoms with Crippen molar-refractivity contribution in [2.75, 3.05) is 11.9 Å². The Balaban J connectivity index is 1.44. The van der Waals surface area contributed by atoms with Gasteiger partial charge in [0, 0.05) is 37.1 Å². The highest BCUT2D eigenvalue weighted by molar-refractivity contribution is 5.94. The molecule has 7 nitrogen and oxygen atoms in total. The van der Waals surface area contributed by atoms with Gasteiger partial charge in [-0.2, -0.15) is 10.4 Å². The van der Waals surface area contributed by atoms with Crippen molar-refractivity contribution in [1.82, 2.24) is 20.1 Å². The lowest BCUT2D eigenvalue weighted by molar-refractivity contribution is -0.118. The van der Waals surface area contributed by atoms with Crippen molar-refractivity contribution in [1.29, 1.82) is 5.26 Å². The highest BCUT2D eigenvalue weighted by Gasteiger charge is 2.20. The molecule has 0 aliphatic rings. The van der Waals surface area contributed by atoms with Gasteiger partial charge in [-0.15, -0.1) is 0 Å². The van der Waals surface area contributed by atoms with E-state index in [1.54, 1.807) is 35.3 Å². The van der Waals surface area contributed by atoms with Gasteiger partial charge in [0.05, 0.1) is 17.8 Å². The maximum absolute atomic E-state index is 14.2. The zero-order valence-electron chi connectivity index (χ0n) is 18.6. The maximum atomic E-state index is 14.2. The number of rotatable bonds is 8. The monoisotopic (exact) mass is 454 g/mol. The van der Waals surface area contributed by atoms with Crippen molar-refractivity contribution in [3.63, 3.8) is 0 Å². The van der Waals surface area contributed by atoms with E-state index in [1.807, 2.05) is 55.7 Å². The number of hydrogen-bond acceptors (Lipinski definition) is 5. The molecular weight excluding hydrogens is 431 g/mol. The Morgan fingerprint density at radius 1 is 1.12 bits per heavy atom. The number of nitriles is 1. The van der Waals surface area contributed by atoms with Gasteiger partial charge >= 0.3 is 0 Å². The number of hydrogen-bond donors (Lipinski definition) is 2. The summed E-state index contributed by atoms with van der Waals surface area (Å²) >= 11 is 0. The minimum atomic E-state index is -0.651. The number of halogens is 1. The summed E-state index contributed by atoms with van der Waals surface area (Å²) in [5.74, 6) is -0.272. The predicted molar refractivity (Wildman–Crippen MR) is 127 cm³/mol. The Hall–Kier alpha value is -4.35. The van der Waals surface area contributed by atoms with Crippen molar-refractivity contribution in [2.45, 2.75) is 12.5 Å². The summed E-state index contributed by atoms with van der Waals surface area (Å²) in [7, 11) is 1.85. The number of pyridine rings is 1. The molecule has 0 aliphatic carbocycles. The minimum Gasteiger partial charge on any atom is -0.309 e. The molecule has 2 N–H and O–H groups in total. The second-order valence-corrected chi connectivity index (χ2v) is 7.79. The number of nitrogens with zero attached hydrogens (tertiary/aromatic N) is 4. The van der Waals surface area contributed by atoms with Gasteiger partial charge in [0.15, 0.2) is 0 Å². The third-order valence-corrected chi connectivity index (χ3v) is 5.37. The van der Waals surface area contributed by atoms with Gasteiger partial charge < -0.3 is 10.6 Å². The van der Waals surface area contributed by atoms with Crippen LogP contribution in [0.3, 0.4) is 0 Å². The van der Waals surface area contributed by atoms with Gasteiger partial charge in [0.25, 0.3) is 0 Å². The molecule has 4 rings (SSSR count). The number of carbonyl (C=O) groups is 1. The first-order valence-electron chi connectivity index (χ1n) is 10.8. The molecule has 34 heavy (non-hydrogen) atoms. The van der Waals surface area contributed by atoms with Gasteiger partial charge in [-0.3, -0.25) is 9.48 Å². The first-order chi connectivity index (χ1) is 16.5. The molecule has 0 unspecified atom stereocenters. The topological polar surface area (TPSA) is 95.6 Å². The fourth-order valence-corrected chi connectivity index (χ4v) is 3.59. The second-order valence-electron chi connectivity index (χ2n) is 7.79. The molecule has 0 bridgehead atoms. The highest BCUT2D eigenvalue weighted by Crippen LogP contribution is 2.20. The van der Waals surface area contributed by atoms with Gasteiger partial charge in [0.2, 0.25) is 5.91 Å². The van der Waals surface area contributed by atoms with E-state index in [1.165, 1.54) is 6.07 Å². The molecular formula is C26H23FN6O. The molecule has 1 amide bonds. The van der Waals surface area contributed by atoms with Crippen LogP contribution in [0, 0.1) is 17.1 Å². The molecule has 0 aliphatic heterocycles. The number of aromatic nitrogens is 3. The molecule has 4 aromatic rings. The van der Waals surface area contributed by atoms with Crippen LogP contribution in [0.1, 0.15) is 22.7 Å². The van der Waals surface area contributed by atoms with Crippen LogP contribution >= 0.6 is 0 Å². The Morgan fingerprint density at radius 2 is 1.94 bits per heavy atom. The lowest BCUT2D eigenvalue weighted by atomic mass is 10.0. The number of anilines is 1. The van der Waals surface area contributed by atoms with Gasteiger partial charge in [0.1, 0.15) is 17.7 Å². The quantitative estimate of drug-likeness (QED) is 0.420. The summed E-state index contributed by atoms with van der Waals surface area (Å²) in [6, 6.07) is 18.6. The summed E-state index contributed by atoms with van der Waals surface area (Å²) in [6.45, 7) is 0.364. The van der Waals surface area contributed by atoms with Crippen LogP contribution < -0.4 is 10.6 Å². The van der Waals surface area contributed by atoms with E-state index in [-0.39, 0.29) is 11.5 Å². The summed E-state index contributed by atoms with van der Waals surface area (Å²) < 4.78 is 15.9. The lowest BCUT2D eigenvalue weighted by Gasteiger charge is -2.19. The van der Waals surface area contributed by atoms with E-state index in [2.05, 4.69) is 20.7 Å². The molecule has 1 atom stereocenters. The lowest BCUT2D eigenvalue weighted by Crippen LogP contribution is -2.34. The molecule has 0 fully saturated rings. The van der Waals surface area contributed by atoms with Crippen molar-refractivity contribution in [2.24, 2.45) is 7.05 Å². The first kappa shape index (κ1) is 22.8. The molecule has 2 aromatic heterocycles. The van der Waals surface area contributed by atoms with Crippen LogP contribution in [-0.2, 0) is 18.3 Å². The molecule has 0 saturated heterocycles. The average Bonchev–Trinajstić information content (AvgIpc) is 3.29. The largest absolute Gasteiger partial charge is 0.309 e. The van der Waals surface area contributed by atoms with Crippen molar-refractivity contribution in [3.8, 4) is 17.2 Å². The van der Waals surface area contributed by atoms with Gasteiger partial charge in [-0.05, 0) is 41.8 Å². The van der Waals surface area contributed by atoms with Crippen LogP contribution in [0.5, 0.6) is 0 Å². The molecule has 8 heteroatoms. The third kappa shape index (κ3) is 5.52. The number of benzene rings is 2. The van der Waals surface area contributed by atoms with E-state index in [4.69, 9.17) is 5.26 Å². The second kappa shape index (κ2) is 10.5. The number of carbonyl (C=O) groups excluding carboxylic acids is 1. The fourth-order valence-electron chi connectivity index (χ4n) is 3.59. The van der Waals surface area contributed by atoms with Crippen molar-refractivity contribution < 1.29 is 9.18 Å². The standard InChI is InChI=1S/C26H23FN6O/c1-33-17-22(16-31-33)21-9-10-24(30-15-21)32-26(34)25(20-5-3-2-4-6-20)29-12-11-19-8-7-18(14-28)13-23(19)27/h2-10,13,15-17,25,29H,11-12H2,1H3,(H,30,32,34)/t25-/m1/s1. The van der Waals surface area contributed by atoms with Crippen molar-refractivity contribution in [3.05, 3.63) is 102 Å². The Bertz CT molecular complexity index is 1310. The number of nitrogens with one attached hydrogen (secondary N) is 2. The zero-order chi connectivity index (χ0) is 23.9. The van der Waals surface area contributed by atoms with Gasteiger partial charge in [-0.1, -0.05) is 36.4 Å². The van der Waals surface area contributed by atoms with E-state index >= 15 is 0 Å².